The van der Waals surface area contributed by atoms with E-state index in [4.69, 9.17) is 4.74 Å². The third-order valence-electron chi connectivity index (χ3n) is 6.66. The summed E-state index contributed by atoms with van der Waals surface area (Å²) in [6, 6.07) is 0. The summed E-state index contributed by atoms with van der Waals surface area (Å²) in [5, 5.41) is 0. The van der Waals surface area contributed by atoms with Gasteiger partial charge in [-0.2, -0.15) is 13.2 Å². The molecule has 0 aromatic rings. The molecule has 2 nitrogen and oxygen atoms in total. The zero-order chi connectivity index (χ0) is 19.7. The summed E-state index contributed by atoms with van der Waals surface area (Å²) in [6.45, 7) is 1.90. The number of esters is 1. The number of hydrogen-bond donors (Lipinski definition) is 0. The minimum absolute atomic E-state index is 0.0776. The van der Waals surface area contributed by atoms with Crippen molar-refractivity contribution in [3.05, 3.63) is 0 Å². The number of halogens is 3. The van der Waals surface area contributed by atoms with Gasteiger partial charge in [0.05, 0.1) is 0 Å². The molecule has 5 heteroatoms. The summed E-state index contributed by atoms with van der Waals surface area (Å²) < 4.78 is 44.2. The van der Waals surface area contributed by atoms with Gasteiger partial charge in [-0.05, 0) is 49.9 Å². The van der Waals surface area contributed by atoms with Crippen LogP contribution in [0.5, 0.6) is 0 Å². The summed E-state index contributed by atoms with van der Waals surface area (Å²) in [5.74, 6) is 1.59. The van der Waals surface area contributed by atoms with Gasteiger partial charge in [0.25, 0.3) is 0 Å². The molecule has 0 aliphatic heterocycles. The Hall–Kier alpha value is -0.740. The molecule has 2 aliphatic carbocycles. The molecule has 1 unspecified atom stereocenters. The van der Waals surface area contributed by atoms with Crippen LogP contribution in [-0.4, -0.2) is 18.2 Å². The van der Waals surface area contributed by atoms with Crippen molar-refractivity contribution >= 4 is 5.97 Å². The van der Waals surface area contributed by atoms with Crippen LogP contribution in [0.4, 0.5) is 13.2 Å². The normalized spacial score (nSPS) is 25.9. The summed E-state index contributed by atoms with van der Waals surface area (Å²) >= 11 is 0. The van der Waals surface area contributed by atoms with Gasteiger partial charge in [0.1, 0.15) is 0 Å². The fraction of sp³-hybridized carbons (Fsp3) is 0.955. The van der Waals surface area contributed by atoms with Crippen LogP contribution in [0.3, 0.4) is 0 Å². The number of unbranched alkanes of at least 4 members (excludes halogenated alkanes) is 1. The maximum absolute atomic E-state index is 13.1. The lowest BCUT2D eigenvalue weighted by Crippen LogP contribution is -2.34. The summed E-state index contributed by atoms with van der Waals surface area (Å²) in [4.78, 5) is 11.6. The van der Waals surface area contributed by atoms with E-state index < -0.39 is 18.2 Å². The minimum atomic E-state index is -4.46. The third kappa shape index (κ3) is 8.03. The van der Waals surface area contributed by atoms with E-state index in [1.54, 1.807) is 0 Å². The number of rotatable bonds is 9. The number of ether oxygens (including phenoxy) is 1. The molecule has 27 heavy (non-hydrogen) atoms. The van der Waals surface area contributed by atoms with Crippen LogP contribution in [0.15, 0.2) is 0 Å². The van der Waals surface area contributed by atoms with Crippen LogP contribution in [-0.2, 0) is 9.53 Å². The quantitative estimate of drug-likeness (QED) is 0.389. The van der Waals surface area contributed by atoms with Crippen molar-refractivity contribution in [2.75, 3.05) is 0 Å². The zero-order valence-electron chi connectivity index (χ0n) is 16.9. The van der Waals surface area contributed by atoms with Crippen molar-refractivity contribution in [2.45, 2.75) is 116 Å². The maximum atomic E-state index is 13.1. The second kappa shape index (κ2) is 11.3. The largest absolute Gasteiger partial charge is 0.453 e. The van der Waals surface area contributed by atoms with Crippen LogP contribution < -0.4 is 0 Å². The van der Waals surface area contributed by atoms with Gasteiger partial charge in [-0.15, -0.1) is 0 Å². The molecule has 158 valence electrons. The molecular weight excluding hydrogens is 353 g/mol. The van der Waals surface area contributed by atoms with Crippen LogP contribution in [0, 0.1) is 17.8 Å². The smallest absolute Gasteiger partial charge is 0.425 e. The second-order valence-electron chi connectivity index (χ2n) is 8.73. The monoisotopic (exact) mass is 390 g/mol. The summed E-state index contributed by atoms with van der Waals surface area (Å²) in [7, 11) is 0. The molecule has 2 rings (SSSR count). The van der Waals surface area contributed by atoms with Crippen molar-refractivity contribution in [2.24, 2.45) is 17.8 Å². The number of carbonyl (C=O) groups excluding carboxylic acids is 1. The fourth-order valence-corrected chi connectivity index (χ4v) is 4.97. The highest BCUT2D eigenvalue weighted by Gasteiger charge is 2.42. The lowest BCUT2D eigenvalue weighted by Gasteiger charge is -2.36. The predicted molar refractivity (Wildman–Crippen MR) is 101 cm³/mol. The van der Waals surface area contributed by atoms with Crippen molar-refractivity contribution in [3.8, 4) is 0 Å². The first-order chi connectivity index (χ1) is 12.9. The Labute approximate surface area is 162 Å². The van der Waals surface area contributed by atoms with E-state index in [0.29, 0.717) is 18.8 Å². The molecule has 2 saturated carbocycles. The fourth-order valence-electron chi connectivity index (χ4n) is 4.97. The zero-order valence-corrected chi connectivity index (χ0v) is 16.9. The van der Waals surface area contributed by atoms with E-state index in [2.05, 4.69) is 0 Å². The first kappa shape index (κ1) is 22.5. The van der Waals surface area contributed by atoms with Gasteiger partial charge in [0.15, 0.2) is 6.10 Å². The van der Waals surface area contributed by atoms with Crippen LogP contribution in [0.1, 0.15) is 103 Å². The Kier molecular flexibility index (Phi) is 9.44. The van der Waals surface area contributed by atoms with Crippen LogP contribution >= 0.6 is 0 Å². The van der Waals surface area contributed by atoms with Gasteiger partial charge in [0, 0.05) is 6.42 Å². The lowest BCUT2D eigenvalue weighted by atomic mass is 9.70. The van der Waals surface area contributed by atoms with Gasteiger partial charge in [0.2, 0.25) is 0 Å². The van der Waals surface area contributed by atoms with Gasteiger partial charge >= 0.3 is 12.1 Å². The average Bonchev–Trinajstić information content (AvgIpc) is 2.66. The molecule has 0 spiro atoms. The third-order valence-corrected chi connectivity index (χ3v) is 6.66. The Morgan fingerprint density at radius 1 is 0.963 bits per heavy atom. The van der Waals surface area contributed by atoms with E-state index in [1.165, 1.54) is 44.9 Å². The Morgan fingerprint density at radius 3 is 2.19 bits per heavy atom. The van der Waals surface area contributed by atoms with Gasteiger partial charge in [-0.25, -0.2) is 0 Å². The highest BCUT2D eigenvalue weighted by atomic mass is 19.4. The predicted octanol–water partition coefficient (Wildman–Crippen LogP) is 7.21. The molecule has 0 aromatic carbocycles. The van der Waals surface area contributed by atoms with Crippen molar-refractivity contribution in [3.63, 3.8) is 0 Å². The molecule has 0 N–H and O–H groups in total. The molecule has 0 radical (unpaired) electrons. The molecular formula is C22H37F3O2. The Bertz CT molecular complexity index is 422. The maximum Gasteiger partial charge on any atom is 0.425 e. The van der Waals surface area contributed by atoms with E-state index >= 15 is 0 Å². The lowest BCUT2D eigenvalue weighted by molar-refractivity contribution is -0.223. The van der Waals surface area contributed by atoms with Crippen LogP contribution in [0.2, 0.25) is 0 Å². The number of alkyl halides is 3. The highest BCUT2D eigenvalue weighted by Crippen LogP contribution is 2.41. The van der Waals surface area contributed by atoms with Gasteiger partial charge < -0.3 is 4.74 Å². The first-order valence-electron chi connectivity index (χ1n) is 11.2. The van der Waals surface area contributed by atoms with Crippen molar-refractivity contribution in [1.29, 1.82) is 0 Å². The standard InChI is InChI=1S/C22H37F3O2/c1-2-3-12-21(26)27-20(22(23,24)25)11-7-8-17-13-15-19(16-14-17)18-9-5-4-6-10-18/h17-20H,2-16H2,1H3. The molecule has 1 atom stereocenters. The molecule has 0 heterocycles. The molecule has 0 saturated heterocycles. The molecule has 0 aromatic heterocycles. The van der Waals surface area contributed by atoms with E-state index in [-0.39, 0.29) is 12.8 Å². The Morgan fingerprint density at radius 2 is 1.59 bits per heavy atom. The number of hydrogen-bond acceptors (Lipinski definition) is 2. The van der Waals surface area contributed by atoms with E-state index in [1.807, 2.05) is 6.92 Å². The van der Waals surface area contributed by atoms with Gasteiger partial charge in [-0.1, -0.05) is 64.7 Å². The molecule has 2 fully saturated rings. The van der Waals surface area contributed by atoms with E-state index in [9.17, 15) is 18.0 Å². The second-order valence-corrected chi connectivity index (χ2v) is 8.73. The Balaban J connectivity index is 1.68. The van der Waals surface area contributed by atoms with Crippen LogP contribution in [0.25, 0.3) is 0 Å². The summed E-state index contributed by atoms with van der Waals surface area (Å²) in [5.41, 5.74) is 0. The number of carbonyl (C=O) groups is 1. The van der Waals surface area contributed by atoms with Gasteiger partial charge in [-0.3, -0.25) is 4.79 Å². The minimum Gasteiger partial charge on any atom is -0.453 e. The SMILES string of the molecule is CCCCC(=O)OC(CCCC1CCC(C2CCCCC2)CC1)C(F)(F)F. The molecule has 0 amide bonds. The first-order valence-corrected chi connectivity index (χ1v) is 11.2. The summed E-state index contributed by atoms with van der Waals surface area (Å²) in [6.07, 6.45) is 7.99. The molecule has 2 aliphatic rings. The van der Waals surface area contributed by atoms with Crippen molar-refractivity contribution in [1.82, 2.24) is 0 Å². The highest BCUT2D eigenvalue weighted by molar-refractivity contribution is 5.69. The van der Waals surface area contributed by atoms with E-state index in [0.717, 1.165) is 37.5 Å². The topological polar surface area (TPSA) is 26.3 Å². The molecule has 0 bridgehead atoms. The average molecular weight is 391 g/mol. The van der Waals surface area contributed by atoms with Crippen molar-refractivity contribution < 1.29 is 22.7 Å².